The molecular weight excluding hydrogens is 434 g/mol. The number of ether oxygens (including phenoxy) is 2. The highest BCUT2D eigenvalue weighted by Crippen LogP contribution is 2.22. The first-order valence-corrected chi connectivity index (χ1v) is 10.5. The number of benzene rings is 3. The molecule has 0 aromatic heterocycles. The fourth-order valence-electron chi connectivity index (χ4n) is 2.92. The minimum Gasteiger partial charge on any atom is -0.484 e. The van der Waals surface area contributed by atoms with Crippen molar-refractivity contribution in [2.45, 2.75) is 20.0 Å². The topological polar surface area (TPSA) is 118 Å². The lowest BCUT2D eigenvalue weighted by Crippen LogP contribution is -2.48. The lowest BCUT2D eigenvalue weighted by molar-refractivity contribution is -0.133. The zero-order valence-corrected chi connectivity index (χ0v) is 18.7. The van der Waals surface area contributed by atoms with Gasteiger partial charge in [0.2, 0.25) is 0 Å². The van der Waals surface area contributed by atoms with E-state index in [1.54, 1.807) is 48.5 Å². The van der Waals surface area contributed by atoms with Crippen molar-refractivity contribution in [1.82, 2.24) is 10.9 Å². The van der Waals surface area contributed by atoms with Gasteiger partial charge in [0.05, 0.1) is 11.6 Å². The molecule has 0 heterocycles. The number of carbonyl (C=O) groups excluding carboxylic acids is 3. The van der Waals surface area contributed by atoms with Crippen molar-refractivity contribution in [1.29, 1.82) is 5.26 Å². The summed E-state index contributed by atoms with van der Waals surface area (Å²) >= 11 is 0. The van der Waals surface area contributed by atoms with Gasteiger partial charge in [-0.15, -0.1) is 0 Å². The van der Waals surface area contributed by atoms with Gasteiger partial charge < -0.3 is 9.47 Å². The fourth-order valence-corrected chi connectivity index (χ4v) is 2.92. The second kappa shape index (κ2) is 11.3. The highest BCUT2D eigenvalue weighted by atomic mass is 16.5. The number of nitriles is 1. The van der Waals surface area contributed by atoms with E-state index >= 15 is 0 Å². The van der Waals surface area contributed by atoms with Crippen molar-refractivity contribution < 1.29 is 23.9 Å². The van der Waals surface area contributed by atoms with E-state index in [1.165, 1.54) is 13.8 Å². The fraction of sp³-hybridized carbons (Fsp3) is 0.154. The molecule has 34 heavy (non-hydrogen) atoms. The van der Waals surface area contributed by atoms with Crippen molar-refractivity contribution >= 4 is 17.6 Å². The Morgan fingerprint density at radius 2 is 1.41 bits per heavy atom. The van der Waals surface area contributed by atoms with E-state index in [0.29, 0.717) is 22.6 Å². The Morgan fingerprint density at radius 1 is 0.853 bits per heavy atom. The van der Waals surface area contributed by atoms with Crippen molar-refractivity contribution in [2.75, 3.05) is 6.61 Å². The molecule has 2 N–H and O–H groups in total. The predicted octanol–water partition coefficient (Wildman–Crippen LogP) is 3.42. The minimum absolute atomic E-state index is 0.0653. The Kier molecular flexibility index (Phi) is 7.97. The van der Waals surface area contributed by atoms with Gasteiger partial charge in [-0.05, 0) is 73.5 Å². The molecule has 0 aliphatic rings. The number of hydrogen-bond acceptors (Lipinski definition) is 6. The third kappa shape index (κ3) is 6.68. The largest absolute Gasteiger partial charge is 0.484 e. The van der Waals surface area contributed by atoms with Gasteiger partial charge >= 0.3 is 0 Å². The van der Waals surface area contributed by atoms with Crippen LogP contribution < -0.4 is 20.3 Å². The molecule has 0 aliphatic carbocycles. The Balaban J connectivity index is 1.42. The van der Waals surface area contributed by atoms with Crippen LogP contribution in [0.3, 0.4) is 0 Å². The summed E-state index contributed by atoms with van der Waals surface area (Å²) in [7, 11) is 0. The molecule has 0 saturated heterocycles. The normalized spacial score (nSPS) is 11.0. The zero-order chi connectivity index (χ0) is 24.5. The quantitative estimate of drug-likeness (QED) is 0.395. The van der Waals surface area contributed by atoms with Gasteiger partial charge in [-0.2, -0.15) is 5.26 Å². The second-order valence-electron chi connectivity index (χ2n) is 7.38. The second-order valence-corrected chi connectivity index (χ2v) is 7.38. The van der Waals surface area contributed by atoms with Crippen molar-refractivity contribution in [2.24, 2.45) is 0 Å². The van der Waals surface area contributed by atoms with E-state index in [0.717, 1.165) is 11.1 Å². The molecule has 2 amide bonds. The summed E-state index contributed by atoms with van der Waals surface area (Å²) in [5.41, 5.74) is 7.59. The molecule has 0 saturated carbocycles. The lowest BCUT2D eigenvalue weighted by Gasteiger charge is -2.15. The first kappa shape index (κ1) is 24.0. The van der Waals surface area contributed by atoms with E-state index in [1.807, 2.05) is 24.3 Å². The number of rotatable bonds is 8. The number of amides is 2. The molecule has 3 aromatic rings. The molecule has 8 nitrogen and oxygen atoms in total. The van der Waals surface area contributed by atoms with Crippen LogP contribution in [0.15, 0.2) is 72.8 Å². The molecule has 0 bridgehead atoms. The number of nitrogens with zero attached hydrogens (tertiary/aromatic N) is 1. The van der Waals surface area contributed by atoms with Crippen molar-refractivity contribution in [3.63, 3.8) is 0 Å². The Bertz CT molecular complexity index is 1200. The van der Waals surface area contributed by atoms with Crippen LogP contribution in [-0.2, 0) is 9.59 Å². The van der Waals surface area contributed by atoms with Crippen molar-refractivity contribution in [3.8, 4) is 28.7 Å². The smallest absolute Gasteiger partial charge is 0.279 e. The Labute approximate surface area is 197 Å². The van der Waals surface area contributed by atoms with Crippen LogP contribution >= 0.6 is 0 Å². The summed E-state index contributed by atoms with van der Waals surface area (Å²) < 4.78 is 11.0. The standard InChI is InChI=1S/C26H23N3O5/c1-17(30)20-7-13-24(14-8-20)34-18(2)26(32)29-28-25(31)16-33-23-11-9-22(10-12-23)21-5-3-19(15-27)4-6-21/h3-14,18H,16H2,1-2H3,(H,28,31)(H,29,32). The highest BCUT2D eigenvalue weighted by Gasteiger charge is 2.16. The Morgan fingerprint density at radius 3 is 1.97 bits per heavy atom. The molecule has 0 fully saturated rings. The molecule has 172 valence electrons. The van der Waals surface area contributed by atoms with E-state index in [2.05, 4.69) is 16.9 Å². The minimum atomic E-state index is -0.876. The summed E-state index contributed by atoms with van der Waals surface area (Å²) in [6.45, 7) is 2.70. The number of hydrazine groups is 1. The maximum Gasteiger partial charge on any atom is 0.279 e. The molecule has 3 aromatic carbocycles. The van der Waals surface area contributed by atoms with E-state index < -0.39 is 17.9 Å². The predicted molar refractivity (Wildman–Crippen MR) is 125 cm³/mol. The third-order valence-corrected chi connectivity index (χ3v) is 4.84. The van der Waals surface area contributed by atoms with Gasteiger partial charge in [-0.25, -0.2) is 0 Å². The molecule has 0 spiro atoms. The van der Waals surface area contributed by atoms with Gasteiger partial charge in [-0.1, -0.05) is 24.3 Å². The average molecular weight is 457 g/mol. The zero-order valence-electron chi connectivity index (χ0n) is 18.7. The first-order chi connectivity index (χ1) is 16.4. The molecule has 8 heteroatoms. The van der Waals surface area contributed by atoms with Crippen LogP contribution in [0.2, 0.25) is 0 Å². The lowest BCUT2D eigenvalue weighted by atomic mass is 10.0. The molecule has 0 radical (unpaired) electrons. The van der Waals surface area contributed by atoms with Gasteiger partial charge in [0.15, 0.2) is 18.5 Å². The van der Waals surface area contributed by atoms with Crippen LogP contribution in [0.5, 0.6) is 11.5 Å². The maximum absolute atomic E-state index is 12.2. The summed E-state index contributed by atoms with van der Waals surface area (Å²) in [6.07, 6.45) is -0.876. The van der Waals surface area contributed by atoms with E-state index in [-0.39, 0.29) is 12.4 Å². The summed E-state index contributed by atoms with van der Waals surface area (Å²) in [5.74, 6) is -0.237. The van der Waals surface area contributed by atoms with Crippen LogP contribution in [0.1, 0.15) is 29.8 Å². The van der Waals surface area contributed by atoms with Crippen LogP contribution in [-0.4, -0.2) is 30.3 Å². The Hall–Kier alpha value is -4.64. The highest BCUT2D eigenvalue weighted by molar-refractivity contribution is 5.94. The third-order valence-electron chi connectivity index (χ3n) is 4.84. The first-order valence-electron chi connectivity index (χ1n) is 10.5. The van der Waals surface area contributed by atoms with E-state index in [9.17, 15) is 14.4 Å². The maximum atomic E-state index is 12.2. The number of carbonyl (C=O) groups is 3. The molecular formula is C26H23N3O5. The van der Waals surface area contributed by atoms with Crippen molar-refractivity contribution in [3.05, 3.63) is 83.9 Å². The monoisotopic (exact) mass is 457 g/mol. The summed E-state index contributed by atoms with van der Waals surface area (Å²) in [4.78, 5) is 35.5. The number of ketones is 1. The van der Waals surface area contributed by atoms with Gasteiger partial charge in [0.1, 0.15) is 11.5 Å². The van der Waals surface area contributed by atoms with Crippen LogP contribution in [0, 0.1) is 11.3 Å². The van der Waals surface area contributed by atoms with Gasteiger partial charge in [0.25, 0.3) is 11.8 Å². The number of Topliss-reactive ketones (excluding diaryl/α,β-unsaturated/α-hetero) is 1. The summed E-state index contributed by atoms with van der Waals surface area (Å²) in [6, 6.07) is 22.8. The molecule has 1 atom stereocenters. The molecule has 1 unspecified atom stereocenters. The SMILES string of the molecule is CC(=O)c1ccc(OC(C)C(=O)NNC(=O)COc2ccc(-c3ccc(C#N)cc3)cc2)cc1. The van der Waals surface area contributed by atoms with Gasteiger partial charge in [0, 0.05) is 5.56 Å². The molecule has 3 rings (SSSR count). The molecule has 0 aliphatic heterocycles. The van der Waals surface area contributed by atoms with Crippen LogP contribution in [0.25, 0.3) is 11.1 Å². The van der Waals surface area contributed by atoms with Crippen LogP contribution in [0.4, 0.5) is 0 Å². The average Bonchev–Trinajstić information content (AvgIpc) is 2.86. The van der Waals surface area contributed by atoms with E-state index in [4.69, 9.17) is 14.7 Å². The number of nitrogens with one attached hydrogen (secondary N) is 2. The summed E-state index contributed by atoms with van der Waals surface area (Å²) in [5, 5.41) is 8.88. The number of hydrogen-bond donors (Lipinski definition) is 2. The van der Waals surface area contributed by atoms with Gasteiger partial charge in [-0.3, -0.25) is 25.2 Å².